The first-order valence-corrected chi connectivity index (χ1v) is 9.48. The molecule has 0 bridgehead atoms. The van der Waals surface area contributed by atoms with Crippen LogP contribution in [-0.2, 0) is 17.9 Å². The van der Waals surface area contributed by atoms with E-state index in [0.29, 0.717) is 18.8 Å². The summed E-state index contributed by atoms with van der Waals surface area (Å²) in [6, 6.07) is 9.41. The Kier molecular flexibility index (Phi) is 5.93. The molecule has 28 heavy (non-hydrogen) atoms. The minimum atomic E-state index is -1.09. The van der Waals surface area contributed by atoms with E-state index in [2.05, 4.69) is 31.4 Å². The number of carbonyl (C=O) groups is 2. The van der Waals surface area contributed by atoms with Gasteiger partial charge in [0.05, 0.1) is 23.6 Å². The number of aryl methyl sites for hydroxylation is 2. The minimum absolute atomic E-state index is 0.0404. The van der Waals surface area contributed by atoms with Gasteiger partial charge in [-0.15, -0.1) is 0 Å². The summed E-state index contributed by atoms with van der Waals surface area (Å²) in [7, 11) is 0. The molecule has 8 nitrogen and oxygen atoms in total. The minimum Gasteiger partial charge on any atom is -0.476 e. The average molecular weight is 446 g/mol. The molecule has 0 spiro atoms. The van der Waals surface area contributed by atoms with E-state index in [0.717, 1.165) is 21.4 Å². The molecule has 0 aliphatic heterocycles. The molecule has 0 unspecified atom stereocenters. The molecule has 2 heterocycles. The van der Waals surface area contributed by atoms with Crippen LogP contribution in [0.15, 0.2) is 41.0 Å². The second-order valence-corrected chi connectivity index (χ2v) is 7.31. The van der Waals surface area contributed by atoms with Crippen LogP contribution in [-0.4, -0.2) is 36.5 Å². The molecule has 0 atom stereocenters. The van der Waals surface area contributed by atoms with Crippen LogP contribution >= 0.6 is 15.9 Å². The summed E-state index contributed by atoms with van der Waals surface area (Å²) in [5.41, 5.74) is 3.39. The Labute approximate surface area is 170 Å². The monoisotopic (exact) mass is 445 g/mol. The first kappa shape index (κ1) is 19.8. The van der Waals surface area contributed by atoms with E-state index in [-0.39, 0.29) is 18.0 Å². The lowest BCUT2D eigenvalue weighted by Crippen LogP contribution is -2.16. The highest BCUT2D eigenvalue weighted by Gasteiger charge is 2.15. The van der Waals surface area contributed by atoms with Crippen LogP contribution in [0.25, 0.3) is 0 Å². The van der Waals surface area contributed by atoms with E-state index in [1.807, 2.05) is 42.8 Å². The van der Waals surface area contributed by atoms with Gasteiger partial charge in [0, 0.05) is 23.6 Å². The zero-order chi connectivity index (χ0) is 20.3. The third-order valence-electron chi connectivity index (χ3n) is 4.32. The van der Waals surface area contributed by atoms with Crippen molar-refractivity contribution >= 4 is 33.5 Å². The van der Waals surface area contributed by atoms with E-state index in [9.17, 15) is 9.59 Å². The predicted molar refractivity (Wildman–Crippen MR) is 107 cm³/mol. The molecule has 146 valence electrons. The first-order chi connectivity index (χ1) is 13.3. The van der Waals surface area contributed by atoms with E-state index in [1.165, 1.54) is 10.7 Å². The summed E-state index contributed by atoms with van der Waals surface area (Å²) in [5, 5.41) is 20.2. The fourth-order valence-electron chi connectivity index (χ4n) is 2.81. The number of anilines is 1. The lowest BCUT2D eigenvalue weighted by molar-refractivity contribution is -0.116. The van der Waals surface area contributed by atoms with Crippen molar-refractivity contribution < 1.29 is 14.7 Å². The second kappa shape index (κ2) is 8.39. The van der Waals surface area contributed by atoms with Gasteiger partial charge in [0.2, 0.25) is 5.91 Å². The van der Waals surface area contributed by atoms with Crippen LogP contribution in [0.4, 0.5) is 5.69 Å². The predicted octanol–water partition coefficient (Wildman–Crippen LogP) is 3.23. The lowest BCUT2D eigenvalue weighted by Gasteiger charge is -2.08. The Balaban J connectivity index is 1.63. The number of carboxylic acids is 1. The van der Waals surface area contributed by atoms with E-state index < -0.39 is 5.97 Å². The number of rotatable bonds is 7. The van der Waals surface area contributed by atoms with Crippen molar-refractivity contribution in [1.82, 2.24) is 19.6 Å². The topological polar surface area (TPSA) is 102 Å². The Hall–Kier alpha value is -2.94. The standard InChI is InChI=1S/C19H20BrN5O3/c1-12-18(13(2)25(22-12)11-14-3-5-15(20)6-4-14)21-17(26)8-10-24-9-7-16(23-24)19(27)28/h3-7,9H,8,10-11H2,1-2H3,(H,21,26)(H,27,28). The molecule has 9 heteroatoms. The fourth-order valence-corrected chi connectivity index (χ4v) is 3.08. The van der Waals surface area contributed by atoms with Crippen molar-refractivity contribution in [1.29, 1.82) is 0 Å². The molecule has 0 aliphatic rings. The van der Waals surface area contributed by atoms with Gasteiger partial charge in [0.15, 0.2) is 5.69 Å². The normalized spacial score (nSPS) is 10.8. The van der Waals surface area contributed by atoms with Crippen molar-refractivity contribution in [3.8, 4) is 0 Å². The van der Waals surface area contributed by atoms with Crippen LogP contribution in [0, 0.1) is 13.8 Å². The van der Waals surface area contributed by atoms with E-state index >= 15 is 0 Å². The quantitative estimate of drug-likeness (QED) is 0.580. The highest BCUT2D eigenvalue weighted by atomic mass is 79.9. The summed E-state index contributed by atoms with van der Waals surface area (Å²) < 4.78 is 4.32. The number of nitrogens with one attached hydrogen (secondary N) is 1. The van der Waals surface area contributed by atoms with Gasteiger partial charge >= 0.3 is 5.97 Å². The van der Waals surface area contributed by atoms with E-state index in [1.54, 1.807) is 6.20 Å². The summed E-state index contributed by atoms with van der Waals surface area (Å²) >= 11 is 3.42. The number of benzene rings is 1. The van der Waals surface area contributed by atoms with Crippen molar-refractivity contribution in [2.24, 2.45) is 0 Å². The number of aromatic carboxylic acids is 1. The van der Waals surface area contributed by atoms with Crippen molar-refractivity contribution in [2.45, 2.75) is 33.4 Å². The molecule has 0 saturated heterocycles. The van der Waals surface area contributed by atoms with Gasteiger partial charge in [-0.1, -0.05) is 28.1 Å². The Bertz CT molecular complexity index is 1010. The molecular weight excluding hydrogens is 426 g/mol. The summed E-state index contributed by atoms with van der Waals surface area (Å²) in [6.07, 6.45) is 1.72. The van der Waals surface area contributed by atoms with Crippen molar-refractivity contribution in [3.63, 3.8) is 0 Å². The lowest BCUT2D eigenvalue weighted by atomic mass is 10.2. The molecule has 0 aliphatic carbocycles. The zero-order valence-electron chi connectivity index (χ0n) is 15.5. The number of carbonyl (C=O) groups excluding carboxylic acids is 1. The van der Waals surface area contributed by atoms with Crippen LogP contribution in [0.1, 0.15) is 33.9 Å². The molecule has 2 aromatic heterocycles. The maximum atomic E-state index is 12.3. The largest absolute Gasteiger partial charge is 0.476 e. The van der Waals surface area contributed by atoms with Crippen LogP contribution in [0.3, 0.4) is 0 Å². The SMILES string of the molecule is Cc1nn(Cc2ccc(Br)cc2)c(C)c1NC(=O)CCn1ccc(C(=O)O)n1. The Morgan fingerprint density at radius 3 is 2.50 bits per heavy atom. The number of carboxylic acid groups (broad SMARTS) is 1. The third kappa shape index (κ3) is 4.66. The molecule has 3 rings (SSSR count). The van der Waals surface area contributed by atoms with Crippen molar-refractivity contribution in [2.75, 3.05) is 5.32 Å². The fraction of sp³-hybridized carbons (Fsp3) is 0.263. The molecule has 2 N–H and O–H groups in total. The highest BCUT2D eigenvalue weighted by molar-refractivity contribution is 9.10. The average Bonchev–Trinajstić information content (AvgIpc) is 3.23. The number of aromatic nitrogens is 4. The molecular formula is C19H20BrN5O3. The molecule has 0 saturated carbocycles. The van der Waals surface area contributed by atoms with E-state index in [4.69, 9.17) is 5.11 Å². The van der Waals surface area contributed by atoms with Crippen molar-refractivity contribution in [3.05, 3.63) is 63.6 Å². The first-order valence-electron chi connectivity index (χ1n) is 8.68. The molecule has 1 amide bonds. The number of hydrogen-bond donors (Lipinski definition) is 2. The number of hydrogen-bond acceptors (Lipinski definition) is 4. The Morgan fingerprint density at radius 2 is 1.86 bits per heavy atom. The van der Waals surface area contributed by atoms with Gasteiger partial charge in [0.1, 0.15) is 0 Å². The molecule has 1 aromatic carbocycles. The zero-order valence-corrected chi connectivity index (χ0v) is 17.1. The summed E-state index contributed by atoms with van der Waals surface area (Å²) in [6.45, 7) is 4.68. The van der Waals surface area contributed by atoms with Crippen LogP contribution in [0.2, 0.25) is 0 Å². The molecule has 0 radical (unpaired) electrons. The van der Waals surface area contributed by atoms with Gasteiger partial charge in [0.25, 0.3) is 0 Å². The third-order valence-corrected chi connectivity index (χ3v) is 4.85. The second-order valence-electron chi connectivity index (χ2n) is 6.40. The maximum absolute atomic E-state index is 12.3. The summed E-state index contributed by atoms with van der Waals surface area (Å²) in [5.74, 6) is -1.27. The van der Waals surface area contributed by atoms with Gasteiger partial charge in [-0.05, 0) is 37.6 Å². The number of halogens is 1. The summed E-state index contributed by atoms with van der Waals surface area (Å²) in [4.78, 5) is 23.2. The molecule has 3 aromatic rings. The maximum Gasteiger partial charge on any atom is 0.356 e. The van der Waals surface area contributed by atoms with Crippen LogP contribution < -0.4 is 5.32 Å². The molecule has 0 fully saturated rings. The van der Waals surface area contributed by atoms with Crippen LogP contribution in [0.5, 0.6) is 0 Å². The van der Waals surface area contributed by atoms with Gasteiger partial charge in [-0.3, -0.25) is 14.2 Å². The van der Waals surface area contributed by atoms with Gasteiger partial charge in [-0.25, -0.2) is 4.79 Å². The smallest absolute Gasteiger partial charge is 0.356 e. The number of nitrogens with zero attached hydrogens (tertiary/aromatic N) is 4. The number of amides is 1. The highest BCUT2D eigenvalue weighted by Crippen LogP contribution is 2.21. The van der Waals surface area contributed by atoms with Gasteiger partial charge < -0.3 is 10.4 Å². The Morgan fingerprint density at radius 1 is 1.14 bits per heavy atom. The van der Waals surface area contributed by atoms with Gasteiger partial charge in [-0.2, -0.15) is 10.2 Å².